The predicted molar refractivity (Wildman–Crippen MR) is 30.7 cm³/mol. The van der Waals surface area contributed by atoms with E-state index in [1.165, 1.54) is 0 Å². The molecule has 0 fully saturated rings. The number of carboxylic acid groups (broad SMARTS) is 1. The van der Waals surface area contributed by atoms with Crippen molar-refractivity contribution in [2.45, 2.75) is 12.1 Å². The Morgan fingerprint density at radius 1 is 1.56 bits per heavy atom. The average molecular weight is 134 g/mol. The van der Waals surface area contributed by atoms with Crippen molar-refractivity contribution in [1.82, 2.24) is 0 Å². The summed E-state index contributed by atoms with van der Waals surface area (Å²) in [6, 6.07) is -2.04. The molecule has 0 saturated heterocycles. The Labute approximate surface area is 52.3 Å². The lowest BCUT2D eigenvalue weighted by Gasteiger charge is -2.11. The number of aliphatic carboxylic acids is 1. The fourth-order valence-electron chi connectivity index (χ4n) is 0.297. The SMILES string of the molecule is NC(CO)C(N)C(=O)O. The Bertz CT molecular complexity index is 106. The highest BCUT2D eigenvalue weighted by Crippen LogP contribution is 1.83. The van der Waals surface area contributed by atoms with E-state index in [1.807, 2.05) is 0 Å². The monoisotopic (exact) mass is 134 g/mol. The first-order chi connectivity index (χ1) is 4.09. The van der Waals surface area contributed by atoms with Gasteiger partial charge in [0, 0.05) is 0 Å². The molecular weight excluding hydrogens is 124 g/mol. The van der Waals surface area contributed by atoms with E-state index < -0.39 is 24.7 Å². The highest BCUT2D eigenvalue weighted by atomic mass is 16.4. The first kappa shape index (κ1) is 8.35. The Hall–Kier alpha value is -0.650. The molecule has 0 bridgehead atoms. The minimum atomic E-state index is -1.20. The largest absolute Gasteiger partial charge is 0.480 e. The molecule has 54 valence electrons. The molecule has 2 atom stereocenters. The maximum atomic E-state index is 9.98. The van der Waals surface area contributed by atoms with Gasteiger partial charge in [-0.2, -0.15) is 0 Å². The fraction of sp³-hybridized carbons (Fsp3) is 0.750. The minimum absolute atomic E-state index is 0.409. The second-order valence-electron chi connectivity index (χ2n) is 1.71. The van der Waals surface area contributed by atoms with Gasteiger partial charge in [0.25, 0.3) is 0 Å². The highest BCUT2D eigenvalue weighted by Gasteiger charge is 2.18. The van der Waals surface area contributed by atoms with Gasteiger partial charge in [0.1, 0.15) is 6.04 Å². The molecule has 5 nitrogen and oxygen atoms in total. The highest BCUT2D eigenvalue weighted by molar-refractivity contribution is 5.74. The molecule has 0 aromatic heterocycles. The lowest BCUT2D eigenvalue weighted by atomic mass is 10.1. The van der Waals surface area contributed by atoms with Gasteiger partial charge in [-0.15, -0.1) is 0 Å². The number of nitrogens with two attached hydrogens (primary N) is 2. The van der Waals surface area contributed by atoms with Gasteiger partial charge in [-0.1, -0.05) is 0 Å². The molecule has 0 aliphatic heterocycles. The zero-order valence-electron chi connectivity index (χ0n) is 4.82. The van der Waals surface area contributed by atoms with Crippen LogP contribution < -0.4 is 11.5 Å². The molecular formula is C4H10N2O3. The number of aliphatic hydroxyl groups is 1. The van der Waals surface area contributed by atoms with Gasteiger partial charge in [-0.25, -0.2) is 0 Å². The quantitative estimate of drug-likeness (QED) is 0.347. The lowest BCUT2D eigenvalue weighted by Crippen LogP contribution is -2.49. The maximum absolute atomic E-state index is 9.98. The van der Waals surface area contributed by atoms with Crippen LogP contribution in [0.25, 0.3) is 0 Å². The van der Waals surface area contributed by atoms with Crippen LogP contribution in [0.15, 0.2) is 0 Å². The lowest BCUT2D eigenvalue weighted by molar-refractivity contribution is -0.139. The summed E-state index contributed by atoms with van der Waals surface area (Å²) < 4.78 is 0. The van der Waals surface area contributed by atoms with Crippen molar-refractivity contribution in [3.8, 4) is 0 Å². The van der Waals surface area contributed by atoms with Gasteiger partial charge in [-0.05, 0) is 0 Å². The van der Waals surface area contributed by atoms with Crippen LogP contribution in [-0.2, 0) is 4.79 Å². The summed E-state index contributed by atoms with van der Waals surface area (Å²) in [6.07, 6.45) is 0. The summed E-state index contributed by atoms with van der Waals surface area (Å²) in [4.78, 5) is 9.98. The third-order valence-electron chi connectivity index (χ3n) is 0.957. The summed E-state index contributed by atoms with van der Waals surface area (Å²) in [5.74, 6) is -1.20. The van der Waals surface area contributed by atoms with E-state index in [9.17, 15) is 4.79 Å². The third kappa shape index (κ3) is 2.41. The Kier molecular flexibility index (Phi) is 3.15. The topological polar surface area (TPSA) is 110 Å². The molecule has 0 heterocycles. The number of hydrogen-bond donors (Lipinski definition) is 4. The van der Waals surface area contributed by atoms with Crippen molar-refractivity contribution in [3.05, 3.63) is 0 Å². The first-order valence-corrected chi connectivity index (χ1v) is 2.44. The van der Waals surface area contributed by atoms with Gasteiger partial charge in [-0.3, -0.25) is 4.79 Å². The molecule has 0 aliphatic rings. The van der Waals surface area contributed by atoms with Crippen molar-refractivity contribution in [2.75, 3.05) is 6.61 Å². The minimum Gasteiger partial charge on any atom is -0.480 e. The standard InChI is InChI=1S/C4H10N2O3/c5-2(1-7)3(6)4(8)9/h2-3,7H,1,5-6H2,(H,8,9). The van der Waals surface area contributed by atoms with Crippen molar-refractivity contribution in [2.24, 2.45) is 11.5 Å². The smallest absolute Gasteiger partial charge is 0.322 e. The van der Waals surface area contributed by atoms with E-state index in [-0.39, 0.29) is 0 Å². The number of hydrogen-bond acceptors (Lipinski definition) is 4. The van der Waals surface area contributed by atoms with Gasteiger partial charge < -0.3 is 21.7 Å². The molecule has 2 unspecified atom stereocenters. The molecule has 0 aromatic carbocycles. The number of carbonyl (C=O) groups is 1. The summed E-state index contributed by atoms with van der Waals surface area (Å²) in [7, 11) is 0. The van der Waals surface area contributed by atoms with E-state index in [2.05, 4.69) is 0 Å². The predicted octanol–water partition coefficient (Wildman–Crippen LogP) is -2.28. The summed E-state index contributed by atoms with van der Waals surface area (Å²) in [6.45, 7) is -0.409. The molecule has 0 rings (SSSR count). The average Bonchev–Trinajstić information content (AvgIpc) is 1.84. The zero-order valence-corrected chi connectivity index (χ0v) is 4.82. The van der Waals surface area contributed by atoms with Crippen molar-refractivity contribution in [1.29, 1.82) is 0 Å². The first-order valence-electron chi connectivity index (χ1n) is 2.44. The van der Waals surface area contributed by atoms with Crippen molar-refractivity contribution in [3.63, 3.8) is 0 Å². The molecule has 0 amide bonds. The summed E-state index contributed by atoms with van der Waals surface area (Å²) in [5.41, 5.74) is 10.0. The van der Waals surface area contributed by atoms with Crippen LogP contribution >= 0.6 is 0 Å². The Morgan fingerprint density at radius 2 is 2.00 bits per heavy atom. The van der Waals surface area contributed by atoms with E-state index in [0.29, 0.717) is 0 Å². The normalized spacial score (nSPS) is 16.8. The Morgan fingerprint density at radius 3 is 2.11 bits per heavy atom. The van der Waals surface area contributed by atoms with E-state index in [0.717, 1.165) is 0 Å². The molecule has 0 saturated carbocycles. The van der Waals surface area contributed by atoms with Crippen LogP contribution in [0.5, 0.6) is 0 Å². The van der Waals surface area contributed by atoms with Crippen LogP contribution in [0.3, 0.4) is 0 Å². The molecule has 0 aromatic rings. The van der Waals surface area contributed by atoms with Gasteiger partial charge in [0.2, 0.25) is 0 Å². The van der Waals surface area contributed by atoms with Crippen molar-refractivity contribution < 1.29 is 15.0 Å². The van der Waals surface area contributed by atoms with Gasteiger partial charge >= 0.3 is 5.97 Å². The second-order valence-corrected chi connectivity index (χ2v) is 1.71. The molecule has 9 heavy (non-hydrogen) atoms. The summed E-state index contributed by atoms with van der Waals surface area (Å²) >= 11 is 0. The summed E-state index contributed by atoms with van der Waals surface area (Å²) in [5, 5.41) is 16.5. The van der Waals surface area contributed by atoms with Crippen LogP contribution in [0.1, 0.15) is 0 Å². The molecule has 0 radical (unpaired) electrons. The van der Waals surface area contributed by atoms with E-state index in [1.54, 1.807) is 0 Å². The zero-order chi connectivity index (χ0) is 7.44. The molecule has 5 heteroatoms. The molecule has 0 aliphatic carbocycles. The molecule has 0 spiro atoms. The van der Waals surface area contributed by atoms with Crippen LogP contribution in [0, 0.1) is 0 Å². The number of aliphatic hydroxyl groups excluding tert-OH is 1. The maximum Gasteiger partial charge on any atom is 0.322 e. The fourth-order valence-corrected chi connectivity index (χ4v) is 0.297. The van der Waals surface area contributed by atoms with Gasteiger partial charge in [0.15, 0.2) is 0 Å². The number of carboxylic acids is 1. The third-order valence-corrected chi connectivity index (χ3v) is 0.957. The van der Waals surface area contributed by atoms with Crippen LogP contribution in [0.4, 0.5) is 0 Å². The van der Waals surface area contributed by atoms with Gasteiger partial charge in [0.05, 0.1) is 12.6 Å². The van der Waals surface area contributed by atoms with Crippen LogP contribution in [0.2, 0.25) is 0 Å². The Balaban J connectivity index is 3.72. The molecule has 6 N–H and O–H groups in total. The second kappa shape index (κ2) is 3.39. The van der Waals surface area contributed by atoms with E-state index in [4.69, 9.17) is 21.7 Å². The van der Waals surface area contributed by atoms with E-state index >= 15 is 0 Å². The van der Waals surface area contributed by atoms with Crippen molar-refractivity contribution >= 4 is 5.97 Å². The van der Waals surface area contributed by atoms with Crippen LogP contribution in [-0.4, -0.2) is 34.9 Å². The number of rotatable bonds is 3.